The van der Waals surface area contributed by atoms with Crippen molar-refractivity contribution in [3.05, 3.63) is 59.3 Å². The molecule has 0 saturated heterocycles. The van der Waals surface area contributed by atoms with Gasteiger partial charge in [-0.1, -0.05) is 55.9 Å². The van der Waals surface area contributed by atoms with Crippen LogP contribution < -0.4 is 0 Å². The Morgan fingerprint density at radius 2 is 2.17 bits per heavy atom. The molecule has 0 aliphatic heterocycles. The van der Waals surface area contributed by atoms with E-state index in [-0.39, 0.29) is 24.2 Å². The molecule has 0 radical (unpaired) electrons. The SMILES string of the molecule is C=C1/C(=C\C=C2/CCCC3(C)C(C(C)C/C=C/C(=O)OC)=CCC23)CC(F)CC1F. The van der Waals surface area contributed by atoms with E-state index in [1.54, 1.807) is 0 Å². The largest absolute Gasteiger partial charge is 0.466 e. The summed E-state index contributed by atoms with van der Waals surface area (Å²) < 4.78 is 32.5. The Bertz CT molecular complexity index is 804. The van der Waals surface area contributed by atoms with Crippen LogP contribution in [0.2, 0.25) is 0 Å². The van der Waals surface area contributed by atoms with E-state index in [0.717, 1.165) is 32.1 Å². The summed E-state index contributed by atoms with van der Waals surface area (Å²) in [6, 6.07) is 0. The highest BCUT2D eigenvalue weighted by atomic mass is 19.1. The number of halogens is 2. The molecule has 0 bridgehead atoms. The molecule has 5 atom stereocenters. The Balaban J connectivity index is 1.74. The smallest absolute Gasteiger partial charge is 0.330 e. The van der Waals surface area contributed by atoms with Crippen LogP contribution in [0.5, 0.6) is 0 Å². The van der Waals surface area contributed by atoms with E-state index in [1.165, 1.54) is 24.3 Å². The highest BCUT2D eigenvalue weighted by Crippen LogP contribution is 2.56. The molecule has 3 rings (SSSR count). The fraction of sp³-hybridized carbons (Fsp3) is 0.577. The molecule has 0 heterocycles. The van der Waals surface area contributed by atoms with Crippen LogP contribution in [0.15, 0.2) is 59.3 Å². The summed E-state index contributed by atoms with van der Waals surface area (Å²) in [4.78, 5) is 11.3. The van der Waals surface area contributed by atoms with Gasteiger partial charge in [-0.2, -0.15) is 0 Å². The van der Waals surface area contributed by atoms with Crippen molar-refractivity contribution in [3.63, 3.8) is 0 Å². The second-order valence-electron chi connectivity index (χ2n) is 9.24. The van der Waals surface area contributed by atoms with Gasteiger partial charge >= 0.3 is 5.97 Å². The van der Waals surface area contributed by atoms with E-state index in [9.17, 15) is 13.6 Å². The Morgan fingerprint density at radius 3 is 2.90 bits per heavy atom. The van der Waals surface area contributed by atoms with Crippen molar-refractivity contribution < 1.29 is 18.3 Å². The fourth-order valence-electron chi connectivity index (χ4n) is 5.58. The van der Waals surface area contributed by atoms with Gasteiger partial charge < -0.3 is 4.74 Å². The summed E-state index contributed by atoms with van der Waals surface area (Å²) in [7, 11) is 1.39. The standard InChI is InChI=1S/C26H34F2O2/c1-17(7-5-9-25(29)30-4)22-12-13-23-19(8-6-14-26(22,23)3)10-11-20-15-21(27)16-24(28)18(20)2/h5,9-12,17,21,23-24H,2,6-8,13-16H2,1,3-4H3/b9-5+,19-10+,20-11-. The summed E-state index contributed by atoms with van der Waals surface area (Å²) in [6.45, 7) is 8.42. The molecule has 0 N–H and O–H groups in total. The third-order valence-corrected chi connectivity index (χ3v) is 7.28. The molecule has 0 aromatic rings. The summed E-state index contributed by atoms with van der Waals surface area (Å²) in [6.07, 6.45) is 12.7. The number of esters is 1. The van der Waals surface area contributed by atoms with Crippen molar-refractivity contribution in [2.24, 2.45) is 17.3 Å². The van der Waals surface area contributed by atoms with Crippen LogP contribution in [0.3, 0.4) is 0 Å². The lowest BCUT2D eigenvalue weighted by molar-refractivity contribution is -0.134. The summed E-state index contributed by atoms with van der Waals surface area (Å²) in [5.41, 5.74) is 4.11. The van der Waals surface area contributed by atoms with E-state index in [1.807, 2.05) is 12.2 Å². The minimum atomic E-state index is -1.27. The van der Waals surface area contributed by atoms with Crippen LogP contribution in [0.25, 0.3) is 0 Å². The van der Waals surface area contributed by atoms with Crippen molar-refractivity contribution in [1.82, 2.24) is 0 Å². The molecule has 30 heavy (non-hydrogen) atoms. The van der Waals surface area contributed by atoms with Crippen LogP contribution in [-0.2, 0) is 9.53 Å². The molecule has 4 heteroatoms. The van der Waals surface area contributed by atoms with E-state index in [0.29, 0.717) is 23.0 Å². The number of rotatable bonds is 5. The van der Waals surface area contributed by atoms with Gasteiger partial charge in [-0.3, -0.25) is 0 Å². The molecule has 3 aliphatic rings. The van der Waals surface area contributed by atoms with Gasteiger partial charge in [0.1, 0.15) is 12.3 Å². The number of ether oxygens (including phenoxy) is 1. The molecule has 0 spiro atoms. The second-order valence-corrected chi connectivity index (χ2v) is 9.24. The Morgan fingerprint density at radius 1 is 1.40 bits per heavy atom. The summed E-state index contributed by atoms with van der Waals surface area (Å²) >= 11 is 0. The predicted molar refractivity (Wildman–Crippen MR) is 117 cm³/mol. The average Bonchev–Trinajstić information content (AvgIpc) is 3.06. The highest BCUT2D eigenvalue weighted by molar-refractivity contribution is 5.81. The Hall–Kier alpha value is -1.97. The first kappa shape index (κ1) is 22.7. The van der Waals surface area contributed by atoms with E-state index >= 15 is 0 Å². The number of hydrogen-bond acceptors (Lipinski definition) is 2. The number of methoxy groups -OCH3 is 1. The molecule has 0 aromatic carbocycles. The highest BCUT2D eigenvalue weighted by Gasteiger charge is 2.45. The average molecular weight is 417 g/mol. The maximum absolute atomic E-state index is 14.0. The van der Waals surface area contributed by atoms with Crippen LogP contribution in [0.1, 0.15) is 58.8 Å². The molecule has 2 nitrogen and oxygen atoms in total. The third-order valence-electron chi connectivity index (χ3n) is 7.28. The maximum atomic E-state index is 14.0. The van der Waals surface area contributed by atoms with Gasteiger partial charge in [0.2, 0.25) is 0 Å². The summed E-state index contributed by atoms with van der Waals surface area (Å²) in [5.74, 6) is 0.471. The monoisotopic (exact) mass is 416 g/mol. The molecule has 2 fully saturated rings. The first-order valence-corrected chi connectivity index (χ1v) is 11.1. The van der Waals surface area contributed by atoms with Gasteiger partial charge in [0.25, 0.3) is 0 Å². The van der Waals surface area contributed by atoms with E-state index < -0.39 is 12.3 Å². The molecule has 5 unspecified atom stereocenters. The Kier molecular flexibility index (Phi) is 7.15. The van der Waals surface area contributed by atoms with E-state index in [4.69, 9.17) is 0 Å². The lowest BCUT2D eigenvalue weighted by Crippen LogP contribution is -2.32. The topological polar surface area (TPSA) is 26.3 Å². The number of alkyl halides is 2. The van der Waals surface area contributed by atoms with Crippen LogP contribution in [-0.4, -0.2) is 25.4 Å². The van der Waals surface area contributed by atoms with Crippen LogP contribution in [0, 0.1) is 17.3 Å². The Labute approximate surface area is 179 Å². The summed E-state index contributed by atoms with van der Waals surface area (Å²) in [5, 5.41) is 0. The van der Waals surface area contributed by atoms with Crippen molar-refractivity contribution in [3.8, 4) is 0 Å². The molecule has 0 amide bonds. The van der Waals surface area contributed by atoms with Gasteiger partial charge in [0.05, 0.1) is 7.11 Å². The van der Waals surface area contributed by atoms with Gasteiger partial charge in [-0.15, -0.1) is 0 Å². The zero-order chi connectivity index (χ0) is 21.9. The van der Waals surface area contributed by atoms with Crippen molar-refractivity contribution >= 4 is 5.97 Å². The predicted octanol–water partition coefficient (Wildman–Crippen LogP) is 6.76. The molecular formula is C26H34F2O2. The van der Waals surface area contributed by atoms with Gasteiger partial charge in [-0.05, 0) is 60.5 Å². The zero-order valence-corrected chi connectivity index (χ0v) is 18.4. The molecule has 164 valence electrons. The van der Waals surface area contributed by atoms with Gasteiger partial charge in [0, 0.05) is 18.9 Å². The molecular weight excluding hydrogens is 382 g/mol. The number of allylic oxidation sites excluding steroid dienone is 8. The number of carbonyl (C=O) groups excluding carboxylic acids is 1. The van der Waals surface area contributed by atoms with Crippen molar-refractivity contribution in [1.29, 1.82) is 0 Å². The molecule has 0 aromatic heterocycles. The minimum absolute atomic E-state index is 0.0664. The molecule has 2 saturated carbocycles. The molecule has 3 aliphatic carbocycles. The van der Waals surface area contributed by atoms with Crippen LogP contribution >= 0.6 is 0 Å². The van der Waals surface area contributed by atoms with Crippen LogP contribution in [0.4, 0.5) is 8.78 Å². The first-order valence-electron chi connectivity index (χ1n) is 11.1. The number of fused-ring (bicyclic) bond motifs is 1. The van der Waals surface area contributed by atoms with Gasteiger partial charge in [-0.25, -0.2) is 13.6 Å². The number of carbonyl (C=O) groups is 1. The first-order chi connectivity index (χ1) is 14.3. The minimum Gasteiger partial charge on any atom is -0.466 e. The lowest BCUT2D eigenvalue weighted by Gasteiger charge is -2.42. The number of hydrogen-bond donors (Lipinski definition) is 0. The fourth-order valence-corrected chi connectivity index (χ4v) is 5.58. The zero-order valence-electron chi connectivity index (χ0n) is 18.4. The lowest BCUT2D eigenvalue weighted by atomic mass is 9.62. The van der Waals surface area contributed by atoms with Gasteiger partial charge in [0.15, 0.2) is 0 Å². The quantitative estimate of drug-likeness (QED) is 0.281. The second kappa shape index (κ2) is 9.45. The van der Waals surface area contributed by atoms with Crippen molar-refractivity contribution in [2.75, 3.05) is 7.11 Å². The van der Waals surface area contributed by atoms with E-state index in [2.05, 4.69) is 37.3 Å². The maximum Gasteiger partial charge on any atom is 0.330 e. The third kappa shape index (κ3) is 4.68. The normalized spacial score (nSPS) is 35.6. The van der Waals surface area contributed by atoms with Crippen molar-refractivity contribution in [2.45, 2.75) is 71.1 Å².